The molecule has 3 rings (SSSR count). The Kier molecular flexibility index (Phi) is 3.99. The molecule has 8 heteroatoms. The van der Waals surface area contributed by atoms with Crippen molar-refractivity contribution < 1.29 is 9.18 Å². The van der Waals surface area contributed by atoms with Crippen molar-refractivity contribution in [2.45, 2.75) is 0 Å². The van der Waals surface area contributed by atoms with Crippen molar-refractivity contribution in [3.05, 3.63) is 47.1 Å². The minimum absolute atomic E-state index is 0.289. The number of carbonyl (C=O) groups excluding carboxylic acids is 1. The quantitative estimate of drug-likeness (QED) is 0.744. The van der Waals surface area contributed by atoms with Crippen LogP contribution in [0.1, 0.15) is 0 Å². The molecule has 0 bridgehead atoms. The van der Waals surface area contributed by atoms with Gasteiger partial charge in [0.1, 0.15) is 5.82 Å². The number of carbonyl (C=O) groups is 1. The van der Waals surface area contributed by atoms with Gasteiger partial charge in [-0.15, -0.1) is 0 Å². The van der Waals surface area contributed by atoms with Crippen LogP contribution in [0.5, 0.6) is 0 Å². The van der Waals surface area contributed by atoms with Gasteiger partial charge in [-0.2, -0.15) is 0 Å². The van der Waals surface area contributed by atoms with E-state index < -0.39 is 5.82 Å². The molecule has 118 valence electrons. The van der Waals surface area contributed by atoms with Crippen LogP contribution < -0.4 is 5.32 Å². The third kappa shape index (κ3) is 3.16. The van der Waals surface area contributed by atoms with Gasteiger partial charge in [0.25, 0.3) is 0 Å². The van der Waals surface area contributed by atoms with Gasteiger partial charge in [-0.3, -0.25) is 4.40 Å². The average Bonchev–Trinajstić information content (AvgIpc) is 2.91. The van der Waals surface area contributed by atoms with Gasteiger partial charge < -0.3 is 10.2 Å². The summed E-state index contributed by atoms with van der Waals surface area (Å²) in [5.41, 5.74) is 1.23. The summed E-state index contributed by atoms with van der Waals surface area (Å²) in [5, 5.41) is 2.68. The molecule has 0 spiro atoms. The van der Waals surface area contributed by atoms with Crippen LogP contribution in [0.2, 0.25) is 0 Å². The molecule has 0 aliphatic heterocycles. The van der Waals surface area contributed by atoms with Gasteiger partial charge in [0, 0.05) is 43.9 Å². The molecule has 2 amide bonds. The van der Waals surface area contributed by atoms with Crippen LogP contribution in [0.4, 0.5) is 14.9 Å². The van der Waals surface area contributed by atoms with E-state index in [-0.39, 0.29) is 6.03 Å². The van der Waals surface area contributed by atoms with Gasteiger partial charge in [0.2, 0.25) is 5.78 Å². The predicted octanol–water partition coefficient (Wildman–Crippen LogP) is 3.39. The number of rotatable bonds is 2. The van der Waals surface area contributed by atoms with Gasteiger partial charge in [-0.25, -0.2) is 19.2 Å². The molecule has 0 radical (unpaired) electrons. The first kappa shape index (κ1) is 15.4. The second-order valence-corrected chi connectivity index (χ2v) is 6.04. The fourth-order valence-electron chi connectivity index (χ4n) is 2.02. The summed E-state index contributed by atoms with van der Waals surface area (Å²) in [6, 6.07) is 4.06. The van der Waals surface area contributed by atoms with Crippen molar-refractivity contribution in [1.82, 2.24) is 19.3 Å². The van der Waals surface area contributed by atoms with Gasteiger partial charge in [-0.1, -0.05) is 0 Å². The normalized spacial score (nSPS) is 10.8. The Bertz CT molecular complexity index is 893. The van der Waals surface area contributed by atoms with E-state index in [0.29, 0.717) is 22.7 Å². The monoisotopic (exact) mass is 377 g/mol. The topological polar surface area (TPSA) is 62.5 Å². The molecule has 0 atom stereocenters. The standard InChI is InChI=1S/C15H13BrFN5O/c1-21(2)15(23)19-10-3-4-12(17)11(5-10)13-8-22-7-9(16)6-18-14(22)20-13/h3-8H,1-2H3,(H,19,23). The summed E-state index contributed by atoms with van der Waals surface area (Å²) in [6.45, 7) is 0. The fourth-order valence-corrected chi connectivity index (χ4v) is 2.35. The zero-order valence-electron chi connectivity index (χ0n) is 12.4. The van der Waals surface area contributed by atoms with Gasteiger partial charge >= 0.3 is 6.03 Å². The molecule has 23 heavy (non-hydrogen) atoms. The maximum absolute atomic E-state index is 14.2. The highest BCUT2D eigenvalue weighted by Crippen LogP contribution is 2.26. The first-order valence-corrected chi connectivity index (χ1v) is 7.52. The molecule has 1 N–H and O–H groups in total. The molecular weight excluding hydrogens is 365 g/mol. The van der Waals surface area contributed by atoms with Crippen LogP contribution in [0.3, 0.4) is 0 Å². The molecule has 2 aromatic heterocycles. The van der Waals surface area contributed by atoms with E-state index in [1.807, 2.05) is 0 Å². The molecule has 3 aromatic rings. The largest absolute Gasteiger partial charge is 0.331 e. The third-order valence-electron chi connectivity index (χ3n) is 3.18. The van der Waals surface area contributed by atoms with E-state index in [1.54, 1.807) is 43.2 Å². The Labute approximate surface area is 140 Å². The van der Waals surface area contributed by atoms with Crippen molar-refractivity contribution in [3.63, 3.8) is 0 Å². The summed E-state index contributed by atoms with van der Waals surface area (Å²) >= 11 is 3.33. The van der Waals surface area contributed by atoms with Crippen LogP contribution >= 0.6 is 15.9 Å². The van der Waals surface area contributed by atoms with Crippen molar-refractivity contribution in [3.8, 4) is 11.3 Å². The number of hydrogen-bond acceptors (Lipinski definition) is 3. The van der Waals surface area contributed by atoms with Crippen LogP contribution in [-0.2, 0) is 0 Å². The number of halogens is 2. The SMILES string of the molecule is CN(C)C(=O)Nc1ccc(F)c(-c2cn3cc(Br)cnc3n2)c1. The number of hydrogen-bond donors (Lipinski definition) is 1. The molecule has 0 aliphatic carbocycles. The molecule has 0 fully saturated rings. The number of amides is 2. The van der Waals surface area contributed by atoms with Crippen molar-refractivity contribution in [1.29, 1.82) is 0 Å². The highest BCUT2D eigenvalue weighted by Gasteiger charge is 2.13. The fraction of sp³-hybridized carbons (Fsp3) is 0.133. The van der Waals surface area contributed by atoms with E-state index in [9.17, 15) is 9.18 Å². The van der Waals surface area contributed by atoms with Crippen LogP contribution in [0.25, 0.3) is 17.0 Å². The number of benzene rings is 1. The number of aromatic nitrogens is 3. The van der Waals surface area contributed by atoms with E-state index in [0.717, 1.165) is 4.47 Å². The van der Waals surface area contributed by atoms with E-state index in [2.05, 4.69) is 31.2 Å². The van der Waals surface area contributed by atoms with Gasteiger partial charge in [0.15, 0.2) is 0 Å². The second kappa shape index (κ2) is 5.96. The van der Waals surface area contributed by atoms with Gasteiger partial charge in [0.05, 0.1) is 10.2 Å². The summed E-state index contributed by atoms with van der Waals surface area (Å²) in [7, 11) is 3.26. The predicted molar refractivity (Wildman–Crippen MR) is 88.8 cm³/mol. The number of fused-ring (bicyclic) bond motifs is 1. The second-order valence-electron chi connectivity index (χ2n) is 5.12. The number of nitrogens with zero attached hydrogens (tertiary/aromatic N) is 4. The van der Waals surface area contributed by atoms with Gasteiger partial charge in [-0.05, 0) is 34.1 Å². The average molecular weight is 378 g/mol. The maximum atomic E-state index is 14.2. The summed E-state index contributed by atoms with van der Waals surface area (Å²) in [5.74, 6) is 0.0423. The Hall–Kier alpha value is -2.48. The van der Waals surface area contributed by atoms with E-state index in [4.69, 9.17) is 0 Å². The highest BCUT2D eigenvalue weighted by atomic mass is 79.9. The maximum Gasteiger partial charge on any atom is 0.321 e. The molecule has 6 nitrogen and oxygen atoms in total. The highest BCUT2D eigenvalue weighted by molar-refractivity contribution is 9.10. The van der Waals surface area contributed by atoms with Crippen molar-refractivity contribution >= 4 is 33.4 Å². The molecule has 0 aliphatic rings. The first-order valence-electron chi connectivity index (χ1n) is 6.72. The Morgan fingerprint density at radius 3 is 2.87 bits per heavy atom. The Balaban J connectivity index is 2.01. The Morgan fingerprint density at radius 2 is 2.13 bits per heavy atom. The minimum atomic E-state index is -0.421. The lowest BCUT2D eigenvalue weighted by Gasteiger charge is -2.12. The third-order valence-corrected chi connectivity index (χ3v) is 3.59. The summed E-state index contributed by atoms with van der Waals surface area (Å²) < 4.78 is 16.6. The van der Waals surface area contributed by atoms with E-state index in [1.165, 1.54) is 17.0 Å². The number of anilines is 1. The molecule has 0 saturated carbocycles. The Morgan fingerprint density at radius 1 is 1.35 bits per heavy atom. The summed E-state index contributed by atoms with van der Waals surface area (Å²) in [6.07, 6.45) is 5.09. The number of imidazole rings is 1. The number of urea groups is 1. The molecule has 2 heterocycles. The summed E-state index contributed by atoms with van der Waals surface area (Å²) in [4.78, 5) is 21.6. The molecule has 0 saturated heterocycles. The number of nitrogens with one attached hydrogen (secondary N) is 1. The van der Waals surface area contributed by atoms with Crippen LogP contribution in [0.15, 0.2) is 41.3 Å². The van der Waals surface area contributed by atoms with Crippen molar-refractivity contribution in [2.24, 2.45) is 0 Å². The van der Waals surface area contributed by atoms with Crippen LogP contribution in [0, 0.1) is 5.82 Å². The zero-order chi connectivity index (χ0) is 16.6. The zero-order valence-corrected chi connectivity index (χ0v) is 14.0. The lowest BCUT2D eigenvalue weighted by molar-refractivity contribution is 0.230. The smallest absolute Gasteiger partial charge is 0.321 e. The lowest BCUT2D eigenvalue weighted by Crippen LogP contribution is -2.27. The first-order chi connectivity index (χ1) is 10.9. The lowest BCUT2D eigenvalue weighted by atomic mass is 10.1. The minimum Gasteiger partial charge on any atom is -0.331 e. The van der Waals surface area contributed by atoms with Crippen LogP contribution in [-0.4, -0.2) is 39.4 Å². The van der Waals surface area contributed by atoms with Crippen molar-refractivity contribution in [2.75, 3.05) is 19.4 Å². The van der Waals surface area contributed by atoms with E-state index >= 15 is 0 Å². The molecule has 1 aromatic carbocycles. The molecular formula is C15H13BrFN5O. The molecule has 0 unspecified atom stereocenters.